The number of piperazine rings is 1. The third kappa shape index (κ3) is 2.46. The molecule has 0 bridgehead atoms. The lowest BCUT2D eigenvalue weighted by Crippen LogP contribution is -2.51. The van der Waals surface area contributed by atoms with Crippen molar-refractivity contribution in [2.24, 2.45) is 0 Å². The van der Waals surface area contributed by atoms with Gasteiger partial charge in [-0.15, -0.1) is 0 Å². The molecule has 3 heterocycles. The molecule has 1 aromatic rings. The minimum atomic E-state index is 0.0721. The number of nitrogens with one attached hydrogen (secondary N) is 2. The van der Waals surface area contributed by atoms with E-state index in [9.17, 15) is 4.79 Å². The Morgan fingerprint density at radius 1 is 1.42 bits per heavy atom. The van der Waals surface area contributed by atoms with Crippen LogP contribution < -0.4 is 10.6 Å². The van der Waals surface area contributed by atoms with Crippen LogP contribution in [0.4, 0.5) is 10.6 Å². The van der Waals surface area contributed by atoms with E-state index in [1.807, 2.05) is 11.9 Å². The molecule has 7 heteroatoms. The molecule has 2 aliphatic heterocycles. The standard InChI is InChI=1S/C12H18N6O/c1-13-11-6-14-9(4-15-11)7-17-2-3-18-10(8-17)5-16-12(18)19/h4,6,10H,2-3,5,7-8H2,1H3,(H,13,15)(H,16,19). The Balaban J connectivity index is 1.60. The summed E-state index contributed by atoms with van der Waals surface area (Å²) in [7, 11) is 1.83. The third-order valence-electron chi connectivity index (χ3n) is 3.66. The number of aromatic nitrogens is 2. The van der Waals surface area contributed by atoms with Gasteiger partial charge in [0.2, 0.25) is 0 Å². The molecule has 0 spiro atoms. The van der Waals surface area contributed by atoms with Crippen molar-refractivity contribution in [3.63, 3.8) is 0 Å². The summed E-state index contributed by atoms with van der Waals surface area (Å²) in [6, 6.07) is 0.369. The van der Waals surface area contributed by atoms with Gasteiger partial charge in [-0.25, -0.2) is 9.78 Å². The van der Waals surface area contributed by atoms with Gasteiger partial charge in [-0.05, 0) is 0 Å². The van der Waals surface area contributed by atoms with Crippen molar-refractivity contribution in [2.75, 3.05) is 38.5 Å². The summed E-state index contributed by atoms with van der Waals surface area (Å²) in [5, 5.41) is 5.84. The Morgan fingerprint density at radius 3 is 3.05 bits per heavy atom. The zero-order valence-corrected chi connectivity index (χ0v) is 11.0. The average Bonchev–Trinajstić information content (AvgIpc) is 2.81. The zero-order chi connectivity index (χ0) is 13.2. The first-order chi connectivity index (χ1) is 9.26. The first kappa shape index (κ1) is 12.2. The van der Waals surface area contributed by atoms with Crippen molar-refractivity contribution in [3.05, 3.63) is 18.1 Å². The molecule has 19 heavy (non-hydrogen) atoms. The van der Waals surface area contributed by atoms with Crippen molar-refractivity contribution in [2.45, 2.75) is 12.6 Å². The summed E-state index contributed by atoms with van der Waals surface area (Å²) in [4.78, 5) is 24.4. The van der Waals surface area contributed by atoms with E-state index in [2.05, 4.69) is 25.5 Å². The first-order valence-electron chi connectivity index (χ1n) is 6.52. The van der Waals surface area contributed by atoms with E-state index >= 15 is 0 Å². The molecule has 3 rings (SSSR count). The van der Waals surface area contributed by atoms with Crippen molar-refractivity contribution >= 4 is 11.8 Å². The van der Waals surface area contributed by atoms with Crippen molar-refractivity contribution in [3.8, 4) is 0 Å². The number of hydrogen-bond acceptors (Lipinski definition) is 5. The van der Waals surface area contributed by atoms with Gasteiger partial charge in [-0.1, -0.05) is 0 Å². The van der Waals surface area contributed by atoms with E-state index in [0.717, 1.165) is 44.2 Å². The van der Waals surface area contributed by atoms with Crippen LogP contribution in [0.5, 0.6) is 0 Å². The van der Waals surface area contributed by atoms with Gasteiger partial charge in [0.25, 0.3) is 0 Å². The van der Waals surface area contributed by atoms with Crippen molar-refractivity contribution in [1.82, 2.24) is 25.1 Å². The highest BCUT2D eigenvalue weighted by atomic mass is 16.2. The number of carbonyl (C=O) groups is 1. The van der Waals surface area contributed by atoms with Gasteiger partial charge in [0.1, 0.15) is 5.82 Å². The molecule has 0 aliphatic carbocycles. The van der Waals surface area contributed by atoms with Gasteiger partial charge >= 0.3 is 6.03 Å². The van der Waals surface area contributed by atoms with Crippen LogP contribution in [-0.4, -0.2) is 65.1 Å². The van der Waals surface area contributed by atoms with Crippen LogP contribution in [0.25, 0.3) is 0 Å². The number of hydrogen-bond donors (Lipinski definition) is 2. The fourth-order valence-electron chi connectivity index (χ4n) is 2.61. The minimum absolute atomic E-state index is 0.0721. The first-order valence-corrected chi connectivity index (χ1v) is 6.52. The number of amides is 2. The maximum atomic E-state index is 11.5. The molecule has 1 atom stereocenters. The fourth-order valence-corrected chi connectivity index (χ4v) is 2.61. The van der Waals surface area contributed by atoms with Crippen LogP contribution in [0.15, 0.2) is 12.4 Å². The maximum Gasteiger partial charge on any atom is 0.317 e. The fraction of sp³-hybridized carbons (Fsp3) is 0.583. The molecule has 102 valence electrons. The monoisotopic (exact) mass is 262 g/mol. The van der Waals surface area contributed by atoms with E-state index in [4.69, 9.17) is 0 Å². The Kier molecular flexibility index (Phi) is 3.20. The highest BCUT2D eigenvalue weighted by Crippen LogP contribution is 2.15. The highest BCUT2D eigenvalue weighted by Gasteiger charge is 2.35. The van der Waals surface area contributed by atoms with Crippen molar-refractivity contribution in [1.29, 1.82) is 0 Å². The summed E-state index contributed by atoms with van der Waals surface area (Å²) >= 11 is 0. The Morgan fingerprint density at radius 2 is 2.32 bits per heavy atom. The second-order valence-corrected chi connectivity index (χ2v) is 4.91. The van der Waals surface area contributed by atoms with Crippen LogP contribution in [0.2, 0.25) is 0 Å². The molecular formula is C12H18N6O. The predicted molar refractivity (Wildman–Crippen MR) is 70.7 cm³/mol. The normalized spacial score (nSPS) is 23.1. The molecule has 2 aliphatic rings. The molecule has 2 saturated heterocycles. The summed E-state index contributed by atoms with van der Waals surface area (Å²) in [5.74, 6) is 0.777. The summed E-state index contributed by atoms with van der Waals surface area (Å²) in [5.41, 5.74) is 0.963. The van der Waals surface area contributed by atoms with Crippen LogP contribution in [0.3, 0.4) is 0 Å². The minimum Gasteiger partial charge on any atom is -0.372 e. The number of urea groups is 1. The SMILES string of the molecule is CNc1cnc(CN2CCN3C(=O)NCC3C2)cn1. The van der Waals surface area contributed by atoms with Gasteiger partial charge in [-0.2, -0.15) is 0 Å². The number of fused-ring (bicyclic) bond motifs is 1. The zero-order valence-electron chi connectivity index (χ0n) is 11.0. The molecule has 0 saturated carbocycles. The van der Waals surface area contributed by atoms with Gasteiger partial charge in [-0.3, -0.25) is 9.88 Å². The van der Waals surface area contributed by atoms with Gasteiger partial charge in [0.15, 0.2) is 0 Å². The van der Waals surface area contributed by atoms with E-state index < -0.39 is 0 Å². The molecule has 2 fully saturated rings. The van der Waals surface area contributed by atoms with Crippen LogP contribution in [0, 0.1) is 0 Å². The van der Waals surface area contributed by atoms with Crippen molar-refractivity contribution < 1.29 is 4.79 Å². The molecule has 1 unspecified atom stereocenters. The van der Waals surface area contributed by atoms with E-state index in [0.29, 0.717) is 6.04 Å². The van der Waals surface area contributed by atoms with E-state index in [1.54, 1.807) is 12.4 Å². The van der Waals surface area contributed by atoms with E-state index in [-0.39, 0.29) is 6.03 Å². The van der Waals surface area contributed by atoms with Crippen LogP contribution in [0.1, 0.15) is 5.69 Å². The highest BCUT2D eigenvalue weighted by molar-refractivity contribution is 5.77. The lowest BCUT2D eigenvalue weighted by molar-refractivity contribution is 0.115. The lowest BCUT2D eigenvalue weighted by atomic mass is 10.2. The second-order valence-electron chi connectivity index (χ2n) is 4.91. The maximum absolute atomic E-state index is 11.5. The summed E-state index contributed by atoms with van der Waals surface area (Å²) in [6.07, 6.45) is 3.54. The number of anilines is 1. The molecule has 2 N–H and O–H groups in total. The largest absolute Gasteiger partial charge is 0.372 e. The molecule has 1 aromatic heterocycles. The number of nitrogens with zero attached hydrogens (tertiary/aromatic N) is 4. The third-order valence-corrected chi connectivity index (χ3v) is 3.66. The van der Waals surface area contributed by atoms with E-state index in [1.165, 1.54) is 0 Å². The number of carbonyl (C=O) groups excluding carboxylic acids is 1. The van der Waals surface area contributed by atoms with Gasteiger partial charge in [0, 0.05) is 39.8 Å². The topological polar surface area (TPSA) is 73.4 Å². The molecule has 0 radical (unpaired) electrons. The average molecular weight is 262 g/mol. The van der Waals surface area contributed by atoms with Crippen LogP contribution >= 0.6 is 0 Å². The molecule has 2 amide bonds. The molecular weight excluding hydrogens is 244 g/mol. The van der Waals surface area contributed by atoms with Crippen LogP contribution in [-0.2, 0) is 6.54 Å². The quantitative estimate of drug-likeness (QED) is 0.784. The van der Waals surface area contributed by atoms with Gasteiger partial charge < -0.3 is 15.5 Å². The summed E-state index contributed by atoms with van der Waals surface area (Å²) < 4.78 is 0. The Hall–Kier alpha value is -1.89. The Bertz CT molecular complexity index is 462. The molecule has 0 aromatic carbocycles. The second kappa shape index (κ2) is 5.00. The lowest BCUT2D eigenvalue weighted by Gasteiger charge is -2.36. The van der Waals surface area contributed by atoms with Gasteiger partial charge in [0.05, 0.1) is 24.1 Å². The Labute approximate surface area is 112 Å². The molecule has 7 nitrogen and oxygen atoms in total. The smallest absolute Gasteiger partial charge is 0.317 e. The predicted octanol–water partition coefficient (Wildman–Crippen LogP) is -0.272. The summed E-state index contributed by atoms with van der Waals surface area (Å²) in [6.45, 7) is 4.11. The number of rotatable bonds is 3.